The molecule has 2 aliphatic rings. The van der Waals surface area contributed by atoms with E-state index in [9.17, 15) is 21.6 Å². The number of sulfonamides is 1. The zero-order valence-electron chi connectivity index (χ0n) is 16.8. The molecule has 1 aromatic heterocycles. The van der Waals surface area contributed by atoms with Gasteiger partial charge in [0.1, 0.15) is 5.76 Å². The summed E-state index contributed by atoms with van der Waals surface area (Å²) >= 11 is 0. The highest BCUT2D eigenvalue weighted by molar-refractivity contribution is 7.91. The molecule has 11 heteroatoms. The van der Waals surface area contributed by atoms with Crippen LogP contribution in [0, 0.1) is 0 Å². The second-order valence-corrected chi connectivity index (χ2v) is 11.8. The fourth-order valence-corrected chi connectivity index (χ4v) is 7.03. The van der Waals surface area contributed by atoms with Crippen LogP contribution in [0.4, 0.5) is 0 Å². The first-order chi connectivity index (χ1) is 14.8. The SMILES string of the molecule is O=C(c1cccc(S(=O)(=O)N2CCOCC2)c1)N(Cc1ccco1)[C@H]1CCS(=O)(=O)C1. The summed E-state index contributed by atoms with van der Waals surface area (Å²) < 4.78 is 61.9. The van der Waals surface area contributed by atoms with Gasteiger partial charge in [-0.3, -0.25) is 4.79 Å². The number of furan rings is 1. The minimum absolute atomic E-state index is 0.0189. The smallest absolute Gasteiger partial charge is 0.254 e. The number of morpholine rings is 1. The summed E-state index contributed by atoms with van der Waals surface area (Å²) in [6.07, 6.45) is 1.82. The van der Waals surface area contributed by atoms with Crippen LogP contribution >= 0.6 is 0 Å². The van der Waals surface area contributed by atoms with Gasteiger partial charge < -0.3 is 14.1 Å². The predicted molar refractivity (Wildman–Crippen MR) is 112 cm³/mol. The number of carbonyl (C=O) groups is 1. The first kappa shape index (κ1) is 22.0. The van der Waals surface area contributed by atoms with Crippen molar-refractivity contribution in [3.63, 3.8) is 0 Å². The summed E-state index contributed by atoms with van der Waals surface area (Å²) in [4.78, 5) is 14.9. The molecule has 0 radical (unpaired) electrons. The van der Waals surface area contributed by atoms with Crippen molar-refractivity contribution >= 4 is 25.8 Å². The van der Waals surface area contributed by atoms with Gasteiger partial charge in [-0.25, -0.2) is 16.8 Å². The molecule has 4 rings (SSSR count). The van der Waals surface area contributed by atoms with Gasteiger partial charge in [-0.05, 0) is 36.8 Å². The van der Waals surface area contributed by atoms with E-state index in [2.05, 4.69) is 0 Å². The number of hydrogen-bond donors (Lipinski definition) is 0. The van der Waals surface area contributed by atoms with Gasteiger partial charge in [0.15, 0.2) is 9.84 Å². The molecule has 0 unspecified atom stereocenters. The Kier molecular flexibility index (Phi) is 6.20. The molecule has 168 valence electrons. The number of sulfone groups is 1. The van der Waals surface area contributed by atoms with Crippen LogP contribution < -0.4 is 0 Å². The minimum atomic E-state index is -3.76. The van der Waals surface area contributed by atoms with Crippen molar-refractivity contribution in [1.82, 2.24) is 9.21 Å². The Labute approximate surface area is 181 Å². The van der Waals surface area contributed by atoms with Crippen LogP contribution in [-0.4, -0.2) is 75.8 Å². The zero-order chi connectivity index (χ0) is 22.1. The number of nitrogens with zero attached hydrogens (tertiary/aromatic N) is 2. The lowest BCUT2D eigenvalue weighted by atomic mass is 10.1. The maximum Gasteiger partial charge on any atom is 0.254 e. The van der Waals surface area contributed by atoms with Crippen molar-refractivity contribution in [1.29, 1.82) is 0 Å². The first-order valence-electron chi connectivity index (χ1n) is 9.98. The van der Waals surface area contributed by atoms with Crippen LogP contribution in [0.5, 0.6) is 0 Å². The molecule has 9 nitrogen and oxygen atoms in total. The molecule has 1 atom stereocenters. The largest absolute Gasteiger partial charge is 0.467 e. The standard InChI is InChI=1S/C20H24N2O7S2/c23-20(22(14-18-4-2-9-29-18)17-6-12-30(24,25)15-17)16-3-1-5-19(13-16)31(26,27)21-7-10-28-11-8-21/h1-5,9,13,17H,6-8,10-12,14-15H2/t17-/m0/s1. The van der Waals surface area contributed by atoms with E-state index < -0.39 is 31.8 Å². The summed E-state index contributed by atoms with van der Waals surface area (Å²) in [5.41, 5.74) is 0.185. The van der Waals surface area contributed by atoms with Crippen LogP contribution in [0.3, 0.4) is 0 Å². The molecule has 2 saturated heterocycles. The number of ether oxygens (including phenoxy) is 1. The summed E-state index contributed by atoms with van der Waals surface area (Å²) in [5, 5.41) is 0. The highest BCUT2D eigenvalue weighted by atomic mass is 32.2. The number of carbonyl (C=O) groups excluding carboxylic acids is 1. The Morgan fingerprint density at radius 1 is 1.16 bits per heavy atom. The van der Waals surface area contributed by atoms with E-state index >= 15 is 0 Å². The van der Waals surface area contributed by atoms with Gasteiger partial charge in [0.2, 0.25) is 10.0 Å². The van der Waals surface area contributed by atoms with Gasteiger partial charge in [-0.2, -0.15) is 4.31 Å². The van der Waals surface area contributed by atoms with Gasteiger partial charge in [0, 0.05) is 24.7 Å². The maximum absolute atomic E-state index is 13.4. The first-order valence-corrected chi connectivity index (χ1v) is 13.2. The Morgan fingerprint density at radius 3 is 2.58 bits per heavy atom. The molecule has 0 saturated carbocycles. The maximum atomic E-state index is 13.4. The van der Waals surface area contributed by atoms with Crippen molar-refractivity contribution in [2.24, 2.45) is 0 Å². The van der Waals surface area contributed by atoms with Gasteiger partial charge in [0.05, 0.1) is 42.4 Å². The van der Waals surface area contributed by atoms with E-state index in [-0.39, 0.29) is 41.6 Å². The van der Waals surface area contributed by atoms with Gasteiger partial charge >= 0.3 is 0 Å². The van der Waals surface area contributed by atoms with E-state index in [1.54, 1.807) is 18.2 Å². The minimum Gasteiger partial charge on any atom is -0.467 e. The molecule has 1 aromatic carbocycles. The van der Waals surface area contributed by atoms with E-state index in [1.165, 1.54) is 33.7 Å². The molecule has 0 spiro atoms. The average Bonchev–Trinajstić information content (AvgIpc) is 3.41. The summed E-state index contributed by atoms with van der Waals surface area (Å²) in [6.45, 7) is 1.26. The lowest BCUT2D eigenvalue weighted by Crippen LogP contribution is -2.41. The lowest BCUT2D eigenvalue weighted by Gasteiger charge is -2.28. The van der Waals surface area contributed by atoms with Crippen molar-refractivity contribution in [3.8, 4) is 0 Å². The summed E-state index contributed by atoms with van der Waals surface area (Å²) in [5.74, 6) is -0.0109. The number of rotatable bonds is 6. The molecule has 2 fully saturated rings. The van der Waals surface area contributed by atoms with Gasteiger partial charge in [0.25, 0.3) is 5.91 Å². The Morgan fingerprint density at radius 2 is 1.94 bits per heavy atom. The Hall–Kier alpha value is -2.21. The zero-order valence-corrected chi connectivity index (χ0v) is 18.5. The van der Waals surface area contributed by atoms with Gasteiger partial charge in [-0.15, -0.1) is 0 Å². The monoisotopic (exact) mass is 468 g/mol. The van der Waals surface area contributed by atoms with Crippen molar-refractivity contribution < 1.29 is 30.8 Å². The number of benzene rings is 1. The molecular weight excluding hydrogens is 444 g/mol. The van der Waals surface area contributed by atoms with Crippen LogP contribution in [-0.2, 0) is 31.1 Å². The number of hydrogen-bond acceptors (Lipinski definition) is 7. The van der Waals surface area contributed by atoms with Crippen molar-refractivity contribution in [3.05, 3.63) is 54.0 Å². The fraction of sp³-hybridized carbons (Fsp3) is 0.450. The van der Waals surface area contributed by atoms with E-state index in [4.69, 9.17) is 9.15 Å². The molecule has 2 aromatic rings. The second kappa shape index (κ2) is 8.73. The number of amides is 1. The van der Waals surface area contributed by atoms with Crippen LogP contribution in [0.25, 0.3) is 0 Å². The summed E-state index contributed by atoms with van der Waals surface area (Å²) in [7, 11) is -6.98. The van der Waals surface area contributed by atoms with E-state index in [1.807, 2.05) is 0 Å². The predicted octanol–water partition coefficient (Wildman–Crippen LogP) is 1.13. The van der Waals surface area contributed by atoms with E-state index in [0.29, 0.717) is 25.4 Å². The van der Waals surface area contributed by atoms with E-state index in [0.717, 1.165) is 0 Å². The second-order valence-electron chi connectivity index (χ2n) is 7.61. The Balaban J connectivity index is 1.63. The van der Waals surface area contributed by atoms with Crippen LogP contribution in [0.1, 0.15) is 22.5 Å². The van der Waals surface area contributed by atoms with Crippen molar-refractivity contribution in [2.75, 3.05) is 37.8 Å². The third-order valence-electron chi connectivity index (χ3n) is 5.51. The highest BCUT2D eigenvalue weighted by Gasteiger charge is 2.36. The summed E-state index contributed by atoms with van der Waals surface area (Å²) in [6, 6.07) is 8.78. The molecule has 3 heterocycles. The molecule has 31 heavy (non-hydrogen) atoms. The third kappa shape index (κ3) is 4.84. The third-order valence-corrected chi connectivity index (χ3v) is 9.15. The Bertz CT molecular complexity index is 1140. The average molecular weight is 469 g/mol. The molecule has 0 N–H and O–H groups in total. The topological polar surface area (TPSA) is 114 Å². The molecule has 0 aliphatic carbocycles. The fourth-order valence-electron chi connectivity index (χ4n) is 3.85. The highest BCUT2D eigenvalue weighted by Crippen LogP contribution is 2.24. The quantitative estimate of drug-likeness (QED) is 0.624. The molecule has 0 bridgehead atoms. The van der Waals surface area contributed by atoms with Crippen LogP contribution in [0.2, 0.25) is 0 Å². The molecule has 2 aliphatic heterocycles. The lowest BCUT2D eigenvalue weighted by molar-refractivity contribution is 0.0665. The van der Waals surface area contributed by atoms with Gasteiger partial charge in [-0.1, -0.05) is 6.07 Å². The van der Waals surface area contributed by atoms with Crippen molar-refractivity contribution in [2.45, 2.75) is 23.9 Å². The molecule has 1 amide bonds. The molecular formula is C20H24N2O7S2. The van der Waals surface area contributed by atoms with Crippen LogP contribution in [0.15, 0.2) is 52.0 Å². The normalized spacial score (nSPS) is 21.7.